The number of carbonyl (C=O) groups excluding carboxylic acids is 1. The molecule has 84 valence electrons. The number of aliphatic hydroxyl groups is 1. The quantitative estimate of drug-likeness (QED) is 0.775. The first kappa shape index (κ1) is 11.8. The summed E-state index contributed by atoms with van der Waals surface area (Å²) < 4.78 is 5.02. The highest BCUT2D eigenvalue weighted by Crippen LogP contribution is 2.08. The summed E-state index contributed by atoms with van der Waals surface area (Å²) in [6.45, 7) is 4.01. The number of furan rings is 1. The molecule has 4 nitrogen and oxygen atoms in total. The maximum Gasteiger partial charge on any atom is 0.254 e. The number of aryl methyl sites for hydroxylation is 1. The SMILES string of the molecule is CCCC(O)CNC(=O)c1ccoc1C. The van der Waals surface area contributed by atoms with Gasteiger partial charge in [0, 0.05) is 6.54 Å². The number of nitrogens with one attached hydrogen (secondary N) is 1. The van der Waals surface area contributed by atoms with Gasteiger partial charge in [-0.25, -0.2) is 0 Å². The molecule has 1 aromatic heterocycles. The number of hydrogen-bond donors (Lipinski definition) is 2. The predicted molar refractivity (Wildman–Crippen MR) is 56.7 cm³/mol. The van der Waals surface area contributed by atoms with E-state index in [1.165, 1.54) is 6.26 Å². The molecule has 1 atom stereocenters. The summed E-state index contributed by atoms with van der Waals surface area (Å²) in [5, 5.41) is 12.1. The molecule has 0 aliphatic rings. The van der Waals surface area contributed by atoms with Gasteiger partial charge in [-0.3, -0.25) is 4.79 Å². The molecule has 0 saturated carbocycles. The van der Waals surface area contributed by atoms with Gasteiger partial charge in [0.2, 0.25) is 0 Å². The molecule has 0 bridgehead atoms. The summed E-state index contributed by atoms with van der Waals surface area (Å²) in [5.41, 5.74) is 0.527. The lowest BCUT2D eigenvalue weighted by atomic mass is 10.2. The van der Waals surface area contributed by atoms with Crippen molar-refractivity contribution in [2.24, 2.45) is 0 Å². The maximum atomic E-state index is 11.6. The summed E-state index contributed by atoms with van der Waals surface area (Å²) >= 11 is 0. The van der Waals surface area contributed by atoms with Gasteiger partial charge in [0.05, 0.1) is 17.9 Å². The zero-order valence-corrected chi connectivity index (χ0v) is 9.12. The third kappa shape index (κ3) is 3.40. The molecule has 0 spiro atoms. The van der Waals surface area contributed by atoms with Crippen molar-refractivity contribution in [2.75, 3.05) is 6.54 Å². The molecular formula is C11H17NO3. The molecule has 0 aromatic carbocycles. The van der Waals surface area contributed by atoms with Gasteiger partial charge in [0.25, 0.3) is 5.91 Å². The third-order valence-corrected chi connectivity index (χ3v) is 2.22. The monoisotopic (exact) mass is 211 g/mol. The highest BCUT2D eigenvalue weighted by Gasteiger charge is 2.12. The molecule has 4 heteroatoms. The molecule has 1 amide bonds. The van der Waals surface area contributed by atoms with Crippen LogP contribution in [0.1, 0.15) is 35.9 Å². The van der Waals surface area contributed by atoms with Crippen molar-refractivity contribution in [3.63, 3.8) is 0 Å². The largest absolute Gasteiger partial charge is 0.469 e. The van der Waals surface area contributed by atoms with E-state index in [9.17, 15) is 9.90 Å². The summed E-state index contributed by atoms with van der Waals surface area (Å²) in [6.07, 6.45) is 2.62. The molecule has 0 fully saturated rings. The van der Waals surface area contributed by atoms with Crippen molar-refractivity contribution < 1.29 is 14.3 Å². The summed E-state index contributed by atoms with van der Waals surface area (Å²) in [4.78, 5) is 11.6. The Morgan fingerprint density at radius 3 is 2.93 bits per heavy atom. The van der Waals surface area contributed by atoms with Crippen LogP contribution < -0.4 is 5.32 Å². The summed E-state index contributed by atoms with van der Waals surface area (Å²) in [7, 11) is 0. The van der Waals surface area contributed by atoms with Crippen molar-refractivity contribution in [1.82, 2.24) is 5.32 Å². The smallest absolute Gasteiger partial charge is 0.254 e. The first-order chi connectivity index (χ1) is 7.15. The van der Waals surface area contributed by atoms with Crippen molar-refractivity contribution in [2.45, 2.75) is 32.8 Å². The second kappa shape index (κ2) is 5.56. The standard InChI is InChI=1S/C11H17NO3/c1-3-4-9(13)7-12-11(14)10-5-6-15-8(10)2/h5-6,9,13H,3-4,7H2,1-2H3,(H,12,14). The van der Waals surface area contributed by atoms with E-state index in [1.807, 2.05) is 6.92 Å². The summed E-state index contributed by atoms with van der Waals surface area (Å²) in [5.74, 6) is 0.397. The molecule has 2 N–H and O–H groups in total. The van der Waals surface area contributed by atoms with Crippen molar-refractivity contribution in [1.29, 1.82) is 0 Å². The summed E-state index contributed by atoms with van der Waals surface area (Å²) in [6, 6.07) is 1.62. The van der Waals surface area contributed by atoms with E-state index in [0.29, 0.717) is 17.7 Å². The lowest BCUT2D eigenvalue weighted by molar-refractivity contribution is 0.0908. The van der Waals surface area contributed by atoms with Gasteiger partial charge >= 0.3 is 0 Å². The maximum absolute atomic E-state index is 11.6. The average Bonchev–Trinajstić information content (AvgIpc) is 2.61. The van der Waals surface area contributed by atoms with Gasteiger partial charge in [0.1, 0.15) is 5.76 Å². The van der Waals surface area contributed by atoms with Crippen LogP contribution in [-0.4, -0.2) is 23.7 Å². The van der Waals surface area contributed by atoms with Crippen molar-refractivity contribution in [3.8, 4) is 0 Å². The molecule has 0 aliphatic carbocycles. The number of rotatable bonds is 5. The second-order valence-corrected chi connectivity index (χ2v) is 3.54. The minimum absolute atomic E-state index is 0.198. The van der Waals surface area contributed by atoms with E-state index in [0.717, 1.165) is 6.42 Å². The van der Waals surface area contributed by atoms with Gasteiger partial charge in [-0.15, -0.1) is 0 Å². The van der Waals surface area contributed by atoms with Gasteiger partial charge in [-0.2, -0.15) is 0 Å². The number of hydrogen-bond acceptors (Lipinski definition) is 3. The molecule has 15 heavy (non-hydrogen) atoms. The zero-order chi connectivity index (χ0) is 11.3. The average molecular weight is 211 g/mol. The molecule has 0 radical (unpaired) electrons. The molecule has 1 unspecified atom stereocenters. The first-order valence-corrected chi connectivity index (χ1v) is 5.15. The molecular weight excluding hydrogens is 194 g/mol. The Bertz CT molecular complexity index is 319. The van der Waals surface area contributed by atoms with Gasteiger partial charge in [-0.1, -0.05) is 13.3 Å². The van der Waals surface area contributed by atoms with Crippen LogP contribution in [0.5, 0.6) is 0 Å². The lowest BCUT2D eigenvalue weighted by Gasteiger charge is -2.09. The Hall–Kier alpha value is -1.29. The topological polar surface area (TPSA) is 62.5 Å². The fraction of sp³-hybridized carbons (Fsp3) is 0.545. The Morgan fingerprint density at radius 1 is 1.67 bits per heavy atom. The van der Waals surface area contributed by atoms with Crippen LogP contribution in [0.15, 0.2) is 16.7 Å². The van der Waals surface area contributed by atoms with E-state index in [-0.39, 0.29) is 12.5 Å². The normalized spacial score (nSPS) is 12.5. The zero-order valence-electron chi connectivity index (χ0n) is 9.12. The molecule has 0 saturated heterocycles. The highest BCUT2D eigenvalue weighted by molar-refractivity contribution is 5.95. The van der Waals surface area contributed by atoms with Crippen LogP contribution in [0.4, 0.5) is 0 Å². The van der Waals surface area contributed by atoms with Crippen LogP contribution >= 0.6 is 0 Å². The molecule has 0 aliphatic heterocycles. The minimum atomic E-state index is -0.467. The first-order valence-electron chi connectivity index (χ1n) is 5.15. The molecule has 1 aromatic rings. The van der Waals surface area contributed by atoms with E-state index >= 15 is 0 Å². The number of amides is 1. The molecule has 1 heterocycles. The van der Waals surface area contributed by atoms with Crippen molar-refractivity contribution in [3.05, 3.63) is 23.7 Å². The fourth-order valence-corrected chi connectivity index (χ4v) is 1.36. The number of carbonyl (C=O) groups is 1. The Kier molecular flexibility index (Phi) is 4.37. The van der Waals surface area contributed by atoms with Gasteiger partial charge < -0.3 is 14.8 Å². The lowest BCUT2D eigenvalue weighted by Crippen LogP contribution is -2.32. The highest BCUT2D eigenvalue weighted by atomic mass is 16.3. The van der Waals surface area contributed by atoms with E-state index in [4.69, 9.17) is 4.42 Å². The van der Waals surface area contributed by atoms with E-state index in [2.05, 4.69) is 5.32 Å². The van der Waals surface area contributed by atoms with Crippen LogP contribution in [0.25, 0.3) is 0 Å². The van der Waals surface area contributed by atoms with Crippen LogP contribution in [0.3, 0.4) is 0 Å². The van der Waals surface area contributed by atoms with Crippen LogP contribution in [0.2, 0.25) is 0 Å². The van der Waals surface area contributed by atoms with Crippen LogP contribution in [-0.2, 0) is 0 Å². The Morgan fingerprint density at radius 2 is 2.40 bits per heavy atom. The van der Waals surface area contributed by atoms with E-state index in [1.54, 1.807) is 13.0 Å². The van der Waals surface area contributed by atoms with Crippen LogP contribution in [0, 0.1) is 6.92 Å². The van der Waals surface area contributed by atoms with Gasteiger partial charge in [-0.05, 0) is 19.4 Å². The fourth-order valence-electron chi connectivity index (χ4n) is 1.36. The second-order valence-electron chi connectivity index (χ2n) is 3.54. The third-order valence-electron chi connectivity index (χ3n) is 2.22. The van der Waals surface area contributed by atoms with Gasteiger partial charge in [0.15, 0.2) is 0 Å². The Labute approximate surface area is 89.3 Å². The number of aliphatic hydroxyl groups excluding tert-OH is 1. The predicted octanol–water partition coefficient (Wildman–Crippen LogP) is 1.48. The Balaban J connectivity index is 2.40. The minimum Gasteiger partial charge on any atom is -0.469 e. The molecule has 1 rings (SSSR count). The van der Waals surface area contributed by atoms with E-state index < -0.39 is 6.10 Å². The van der Waals surface area contributed by atoms with Crippen molar-refractivity contribution >= 4 is 5.91 Å².